The molecule has 0 unspecified atom stereocenters. The van der Waals surface area contributed by atoms with Crippen LogP contribution >= 0.6 is 0 Å². The molecule has 0 atom stereocenters. The average molecular weight is 414 g/mol. The van der Waals surface area contributed by atoms with Crippen LogP contribution in [0.4, 0.5) is 17.6 Å². The molecule has 0 aromatic heterocycles. The van der Waals surface area contributed by atoms with Gasteiger partial charge in [0.2, 0.25) is 0 Å². The first kappa shape index (κ1) is 22.4. The monoisotopic (exact) mass is 414 g/mol. The summed E-state index contributed by atoms with van der Waals surface area (Å²) in [6.45, 7) is 1.93. The molecule has 0 aliphatic rings. The van der Waals surface area contributed by atoms with Crippen molar-refractivity contribution >= 4 is 11.6 Å². The summed E-state index contributed by atoms with van der Waals surface area (Å²) in [5.41, 5.74) is -0.455. The molecule has 0 N–H and O–H groups in total. The number of halogens is 4. The van der Waals surface area contributed by atoms with Gasteiger partial charge in [0.25, 0.3) is 0 Å². The van der Waals surface area contributed by atoms with E-state index in [9.17, 15) is 27.2 Å². The minimum absolute atomic E-state index is 0.0387. The van der Waals surface area contributed by atoms with Gasteiger partial charge < -0.3 is 14.2 Å². The summed E-state index contributed by atoms with van der Waals surface area (Å²) in [5, 5.41) is 0. The highest BCUT2D eigenvalue weighted by molar-refractivity contribution is 5.97. The van der Waals surface area contributed by atoms with E-state index in [4.69, 9.17) is 14.2 Å². The Labute approximate surface area is 164 Å². The molecule has 0 fully saturated rings. The maximum atomic E-state index is 13.8. The number of carbonyl (C=O) groups is 2. The number of rotatable bonds is 10. The summed E-state index contributed by atoms with van der Waals surface area (Å²) in [6, 6.07) is 2.94. The molecule has 0 aliphatic carbocycles. The van der Waals surface area contributed by atoms with Crippen LogP contribution in [0, 0.1) is 23.3 Å². The lowest BCUT2D eigenvalue weighted by Crippen LogP contribution is -2.15. The van der Waals surface area contributed by atoms with Gasteiger partial charge in [0.1, 0.15) is 24.8 Å². The maximum absolute atomic E-state index is 13.8. The van der Waals surface area contributed by atoms with Crippen LogP contribution in [0.1, 0.15) is 34.6 Å². The second-order valence-corrected chi connectivity index (χ2v) is 5.95. The molecule has 0 aliphatic heterocycles. The number of benzene rings is 2. The Balaban J connectivity index is 1.82. The van der Waals surface area contributed by atoms with Crippen molar-refractivity contribution in [3.63, 3.8) is 0 Å². The molecule has 0 spiro atoms. The Morgan fingerprint density at radius 3 is 1.41 bits per heavy atom. The van der Waals surface area contributed by atoms with Gasteiger partial charge in [-0.15, -0.1) is 0 Å². The minimum atomic E-state index is -1.01. The normalized spacial score (nSPS) is 10.7. The molecule has 29 heavy (non-hydrogen) atoms. The van der Waals surface area contributed by atoms with Gasteiger partial charge in [-0.3, -0.25) is 9.59 Å². The van der Waals surface area contributed by atoms with Crippen molar-refractivity contribution in [2.45, 2.75) is 13.8 Å². The Kier molecular flexibility index (Phi) is 7.72. The fourth-order valence-electron chi connectivity index (χ4n) is 2.44. The van der Waals surface area contributed by atoms with Crippen LogP contribution in [-0.2, 0) is 4.74 Å². The third kappa shape index (κ3) is 6.02. The first-order valence-electron chi connectivity index (χ1n) is 8.54. The first-order valence-corrected chi connectivity index (χ1v) is 8.54. The third-order valence-electron chi connectivity index (χ3n) is 3.72. The van der Waals surface area contributed by atoms with Crippen LogP contribution in [0.5, 0.6) is 11.5 Å². The zero-order chi connectivity index (χ0) is 21.6. The number of ether oxygens (including phenoxy) is 3. The van der Waals surface area contributed by atoms with E-state index in [0.29, 0.717) is 12.1 Å². The van der Waals surface area contributed by atoms with Crippen molar-refractivity contribution in [1.29, 1.82) is 0 Å². The smallest absolute Gasteiger partial charge is 0.168 e. The summed E-state index contributed by atoms with van der Waals surface area (Å²) >= 11 is 0. The van der Waals surface area contributed by atoms with Crippen LogP contribution in [-0.4, -0.2) is 38.0 Å². The van der Waals surface area contributed by atoms with Gasteiger partial charge in [-0.05, 0) is 26.0 Å². The van der Waals surface area contributed by atoms with Crippen LogP contribution in [0.25, 0.3) is 0 Å². The zero-order valence-corrected chi connectivity index (χ0v) is 15.7. The molecule has 0 saturated heterocycles. The van der Waals surface area contributed by atoms with E-state index in [0.717, 1.165) is 26.0 Å². The van der Waals surface area contributed by atoms with E-state index in [1.54, 1.807) is 0 Å². The molecule has 2 aromatic carbocycles. The van der Waals surface area contributed by atoms with Gasteiger partial charge in [0.05, 0.1) is 24.3 Å². The van der Waals surface area contributed by atoms with Crippen molar-refractivity contribution in [2.24, 2.45) is 0 Å². The van der Waals surface area contributed by atoms with Gasteiger partial charge in [-0.25, -0.2) is 17.6 Å². The van der Waals surface area contributed by atoms with E-state index in [-0.39, 0.29) is 49.1 Å². The summed E-state index contributed by atoms with van der Waals surface area (Å²) in [5.74, 6) is -5.69. The molecular formula is C20H18F4O5. The highest BCUT2D eigenvalue weighted by Crippen LogP contribution is 2.26. The van der Waals surface area contributed by atoms with Crippen LogP contribution in [0.15, 0.2) is 24.3 Å². The number of hydrogen-bond donors (Lipinski definition) is 0. The zero-order valence-electron chi connectivity index (χ0n) is 15.7. The predicted octanol–water partition coefficient (Wildman–Crippen LogP) is 4.12. The van der Waals surface area contributed by atoms with Gasteiger partial charge in [0.15, 0.2) is 34.7 Å². The quantitative estimate of drug-likeness (QED) is 0.333. The van der Waals surface area contributed by atoms with E-state index < -0.39 is 34.8 Å². The minimum Gasteiger partial charge on any atom is -0.487 e. The Morgan fingerprint density at radius 1 is 0.690 bits per heavy atom. The predicted molar refractivity (Wildman–Crippen MR) is 94.5 cm³/mol. The summed E-state index contributed by atoms with van der Waals surface area (Å²) in [4.78, 5) is 22.9. The molecule has 0 saturated carbocycles. The van der Waals surface area contributed by atoms with E-state index in [2.05, 4.69) is 0 Å². The highest BCUT2D eigenvalue weighted by atomic mass is 19.1. The number of hydrogen-bond acceptors (Lipinski definition) is 5. The lowest BCUT2D eigenvalue weighted by Gasteiger charge is -2.13. The molecule has 2 aromatic rings. The first-order chi connectivity index (χ1) is 13.7. The second-order valence-electron chi connectivity index (χ2n) is 5.95. The average Bonchev–Trinajstić information content (AvgIpc) is 2.62. The van der Waals surface area contributed by atoms with Gasteiger partial charge in [-0.2, -0.15) is 0 Å². The number of Topliss-reactive ketones (excluding diaryl/α,β-unsaturated/α-hetero) is 2. The highest BCUT2D eigenvalue weighted by Gasteiger charge is 2.17. The molecule has 0 bridgehead atoms. The Morgan fingerprint density at radius 2 is 1.07 bits per heavy atom. The molecule has 5 nitrogen and oxygen atoms in total. The van der Waals surface area contributed by atoms with Crippen LogP contribution in [0.2, 0.25) is 0 Å². The van der Waals surface area contributed by atoms with Gasteiger partial charge >= 0.3 is 0 Å². The summed E-state index contributed by atoms with van der Waals surface area (Å²) in [7, 11) is 0. The Bertz CT molecular complexity index is 841. The standard InChI is InChI=1S/C20H18F4O5/c1-11(25)15-7-13(21)9-17(23)19(15)28-5-3-27-4-6-29-20-16(12(2)26)8-14(22)10-18(20)24/h7-10H,3-6H2,1-2H3. The maximum Gasteiger partial charge on any atom is 0.168 e. The lowest BCUT2D eigenvalue weighted by molar-refractivity contribution is 0.0733. The number of ketones is 2. The van der Waals surface area contributed by atoms with Gasteiger partial charge in [-0.1, -0.05) is 0 Å². The van der Waals surface area contributed by atoms with Crippen molar-refractivity contribution in [2.75, 3.05) is 26.4 Å². The van der Waals surface area contributed by atoms with Crippen molar-refractivity contribution in [1.82, 2.24) is 0 Å². The fraction of sp³-hybridized carbons (Fsp3) is 0.300. The molecule has 9 heteroatoms. The summed E-state index contributed by atoms with van der Waals surface area (Å²) < 4.78 is 69.5. The molecule has 0 amide bonds. The lowest BCUT2D eigenvalue weighted by atomic mass is 10.1. The molecular weight excluding hydrogens is 396 g/mol. The Hall–Kier alpha value is -2.94. The van der Waals surface area contributed by atoms with Crippen LogP contribution in [0.3, 0.4) is 0 Å². The molecule has 156 valence electrons. The second kappa shape index (κ2) is 10.0. The largest absolute Gasteiger partial charge is 0.487 e. The van der Waals surface area contributed by atoms with E-state index >= 15 is 0 Å². The SMILES string of the molecule is CC(=O)c1cc(F)cc(F)c1OCCOCCOc1c(F)cc(F)cc1C(C)=O. The molecule has 0 heterocycles. The fourth-order valence-corrected chi connectivity index (χ4v) is 2.44. The van der Waals surface area contributed by atoms with Gasteiger partial charge in [0, 0.05) is 12.1 Å². The van der Waals surface area contributed by atoms with Crippen molar-refractivity contribution < 1.29 is 41.4 Å². The summed E-state index contributed by atoms with van der Waals surface area (Å²) in [6.07, 6.45) is 0. The molecule has 2 rings (SSSR count). The number of carbonyl (C=O) groups excluding carboxylic acids is 2. The van der Waals surface area contributed by atoms with E-state index in [1.807, 2.05) is 0 Å². The molecule has 0 radical (unpaired) electrons. The van der Waals surface area contributed by atoms with Crippen molar-refractivity contribution in [3.8, 4) is 11.5 Å². The van der Waals surface area contributed by atoms with Crippen molar-refractivity contribution in [3.05, 3.63) is 58.7 Å². The third-order valence-corrected chi connectivity index (χ3v) is 3.72. The van der Waals surface area contributed by atoms with Crippen LogP contribution < -0.4 is 9.47 Å². The van der Waals surface area contributed by atoms with E-state index in [1.165, 1.54) is 0 Å². The topological polar surface area (TPSA) is 61.8 Å².